The predicted molar refractivity (Wildman–Crippen MR) is 69.6 cm³/mol. The molecule has 0 radical (unpaired) electrons. The fourth-order valence-electron chi connectivity index (χ4n) is 1.97. The largest absolute Gasteiger partial charge is 0.496 e. The molecule has 0 aliphatic rings. The smallest absolute Gasteiger partial charge is 0.433 e. The van der Waals surface area contributed by atoms with Gasteiger partial charge in [0, 0.05) is 0 Å². The molecule has 20 heavy (non-hydrogen) atoms. The average Bonchev–Trinajstić information content (AvgIpc) is 2.39. The van der Waals surface area contributed by atoms with Crippen LogP contribution in [0.25, 0.3) is 10.9 Å². The first-order valence-corrected chi connectivity index (χ1v) is 5.97. The minimum Gasteiger partial charge on any atom is -0.496 e. The number of pyridine rings is 1. The van der Waals surface area contributed by atoms with E-state index in [1.165, 1.54) is 27.2 Å². The quantitative estimate of drug-likeness (QED) is 0.832. The van der Waals surface area contributed by atoms with Gasteiger partial charge < -0.3 is 9.47 Å². The number of aromatic nitrogens is 1. The molecule has 2 rings (SSSR count). The van der Waals surface area contributed by atoms with E-state index in [1.807, 2.05) is 0 Å². The Bertz CT molecular complexity index is 671. The molecule has 0 unspecified atom stereocenters. The second kappa shape index (κ2) is 5.01. The minimum atomic E-state index is -4.59. The summed E-state index contributed by atoms with van der Waals surface area (Å²) in [5, 5.41) is 0.261. The number of alkyl halides is 3. The molecule has 0 N–H and O–H groups in total. The number of fused-ring (bicyclic) bond motifs is 1. The summed E-state index contributed by atoms with van der Waals surface area (Å²) < 4.78 is 49.1. The fourth-order valence-corrected chi connectivity index (χ4v) is 2.25. The molecule has 0 atom stereocenters. The highest BCUT2D eigenvalue weighted by Crippen LogP contribution is 2.42. The van der Waals surface area contributed by atoms with E-state index >= 15 is 0 Å². The molecule has 0 amide bonds. The summed E-state index contributed by atoms with van der Waals surface area (Å²) in [5.41, 5.74) is -1.14. The summed E-state index contributed by atoms with van der Waals surface area (Å²) in [4.78, 5) is 3.67. The van der Waals surface area contributed by atoms with Gasteiger partial charge in [0.1, 0.15) is 22.7 Å². The van der Waals surface area contributed by atoms with Crippen molar-refractivity contribution >= 4 is 22.5 Å². The lowest BCUT2D eigenvalue weighted by atomic mass is 10.1. The Morgan fingerprint density at radius 3 is 2.15 bits per heavy atom. The van der Waals surface area contributed by atoms with Crippen LogP contribution in [-0.2, 0) is 6.18 Å². The van der Waals surface area contributed by atoms with Gasteiger partial charge in [-0.1, -0.05) is 11.6 Å². The van der Waals surface area contributed by atoms with E-state index in [-0.39, 0.29) is 21.9 Å². The standard InChI is InChI=1S/C13H11ClF3NO2/c1-6-10(14)9-7(19-2)4-5-8(20-3)11(9)18-12(6)13(15,16)17/h4-5H,1-3H3. The highest BCUT2D eigenvalue weighted by Gasteiger charge is 2.36. The van der Waals surface area contributed by atoms with E-state index in [4.69, 9.17) is 21.1 Å². The molecule has 7 heteroatoms. The predicted octanol–water partition coefficient (Wildman–Crippen LogP) is 4.23. The number of benzene rings is 1. The lowest BCUT2D eigenvalue weighted by Gasteiger charge is -2.16. The second-order valence-corrected chi connectivity index (χ2v) is 4.47. The molecule has 0 fully saturated rings. The molecule has 2 aromatic rings. The maximum absolute atomic E-state index is 13.0. The summed E-state index contributed by atoms with van der Waals surface area (Å²) in [7, 11) is 2.76. The fraction of sp³-hybridized carbons (Fsp3) is 0.308. The number of ether oxygens (including phenoxy) is 2. The van der Waals surface area contributed by atoms with Crippen molar-refractivity contribution in [2.24, 2.45) is 0 Å². The van der Waals surface area contributed by atoms with Gasteiger partial charge in [-0.2, -0.15) is 13.2 Å². The molecule has 1 aromatic heterocycles. The van der Waals surface area contributed by atoms with Gasteiger partial charge in [-0.3, -0.25) is 0 Å². The molecule has 108 valence electrons. The molecule has 3 nitrogen and oxygen atoms in total. The SMILES string of the molecule is COc1ccc(OC)c2c(Cl)c(C)c(C(F)(F)F)nc12. The average molecular weight is 306 g/mol. The minimum absolute atomic E-state index is 0.0229. The number of hydrogen-bond acceptors (Lipinski definition) is 3. The Balaban J connectivity index is 2.96. The van der Waals surface area contributed by atoms with Crippen LogP contribution in [0.3, 0.4) is 0 Å². The number of halogens is 4. The maximum atomic E-state index is 13.0. The van der Waals surface area contributed by atoms with Crippen molar-refractivity contribution in [1.82, 2.24) is 4.98 Å². The van der Waals surface area contributed by atoms with Gasteiger partial charge >= 0.3 is 6.18 Å². The molecule has 0 aliphatic carbocycles. The summed E-state index contributed by atoms with van der Waals surface area (Å²) in [6.45, 7) is 1.27. The maximum Gasteiger partial charge on any atom is 0.433 e. The van der Waals surface area contributed by atoms with Crippen LogP contribution in [0.4, 0.5) is 13.2 Å². The highest BCUT2D eigenvalue weighted by molar-refractivity contribution is 6.37. The monoisotopic (exact) mass is 305 g/mol. The Kier molecular flexibility index (Phi) is 3.69. The van der Waals surface area contributed by atoms with Crippen LogP contribution in [-0.4, -0.2) is 19.2 Å². The molecule has 1 aromatic carbocycles. The lowest BCUT2D eigenvalue weighted by molar-refractivity contribution is -0.141. The zero-order valence-electron chi connectivity index (χ0n) is 10.9. The van der Waals surface area contributed by atoms with Crippen LogP contribution in [0.5, 0.6) is 11.5 Å². The normalized spacial score (nSPS) is 11.8. The third-order valence-electron chi connectivity index (χ3n) is 2.94. The van der Waals surface area contributed by atoms with Gasteiger partial charge in [-0.05, 0) is 24.6 Å². The number of methoxy groups -OCH3 is 2. The molecule has 0 spiro atoms. The zero-order valence-corrected chi connectivity index (χ0v) is 11.7. The van der Waals surface area contributed by atoms with Gasteiger partial charge in [-0.25, -0.2) is 4.98 Å². The molecular formula is C13H11ClF3NO2. The van der Waals surface area contributed by atoms with E-state index in [9.17, 15) is 13.2 Å². The van der Waals surface area contributed by atoms with Crippen molar-refractivity contribution < 1.29 is 22.6 Å². The molecular weight excluding hydrogens is 295 g/mol. The van der Waals surface area contributed by atoms with Crippen LogP contribution >= 0.6 is 11.6 Å². The summed E-state index contributed by atoms with van der Waals surface area (Å²) >= 11 is 6.07. The topological polar surface area (TPSA) is 31.4 Å². The number of nitrogens with zero attached hydrogens (tertiary/aromatic N) is 1. The summed E-state index contributed by atoms with van der Waals surface area (Å²) in [5.74, 6) is 0.545. The van der Waals surface area contributed by atoms with Crippen LogP contribution in [0.2, 0.25) is 5.02 Å². The number of rotatable bonds is 2. The van der Waals surface area contributed by atoms with Gasteiger partial charge in [0.15, 0.2) is 0 Å². The van der Waals surface area contributed by atoms with Crippen LogP contribution in [0.1, 0.15) is 11.3 Å². The van der Waals surface area contributed by atoms with Crippen molar-refractivity contribution in [3.63, 3.8) is 0 Å². The molecule has 0 saturated carbocycles. The first-order chi connectivity index (χ1) is 9.31. The summed E-state index contributed by atoms with van der Waals surface area (Å²) in [6, 6.07) is 3.06. The highest BCUT2D eigenvalue weighted by atomic mass is 35.5. The zero-order chi connectivity index (χ0) is 15.1. The van der Waals surface area contributed by atoms with Crippen molar-refractivity contribution in [3.8, 4) is 11.5 Å². The Morgan fingerprint density at radius 2 is 1.65 bits per heavy atom. The van der Waals surface area contributed by atoms with Crippen LogP contribution in [0.15, 0.2) is 12.1 Å². The van der Waals surface area contributed by atoms with Gasteiger partial charge in [0.25, 0.3) is 0 Å². The van der Waals surface area contributed by atoms with E-state index in [0.29, 0.717) is 11.1 Å². The molecule has 1 heterocycles. The van der Waals surface area contributed by atoms with E-state index in [1.54, 1.807) is 6.07 Å². The Labute approximate surface area is 118 Å². The van der Waals surface area contributed by atoms with Gasteiger partial charge in [0.05, 0.1) is 24.6 Å². The van der Waals surface area contributed by atoms with Gasteiger partial charge in [0.2, 0.25) is 0 Å². The van der Waals surface area contributed by atoms with Crippen LogP contribution in [0, 0.1) is 6.92 Å². The molecule has 0 saturated heterocycles. The second-order valence-electron chi connectivity index (χ2n) is 4.09. The van der Waals surface area contributed by atoms with Crippen LogP contribution < -0.4 is 9.47 Å². The first kappa shape index (κ1) is 14.7. The van der Waals surface area contributed by atoms with Crippen molar-refractivity contribution in [2.45, 2.75) is 13.1 Å². The first-order valence-electron chi connectivity index (χ1n) is 5.59. The molecule has 0 aliphatic heterocycles. The van der Waals surface area contributed by atoms with Gasteiger partial charge in [-0.15, -0.1) is 0 Å². The van der Waals surface area contributed by atoms with Crippen molar-refractivity contribution in [3.05, 3.63) is 28.4 Å². The third kappa shape index (κ3) is 2.24. The Hall–Kier alpha value is -1.69. The van der Waals surface area contributed by atoms with E-state index < -0.39 is 11.9 Å². The van der Waals surface area contributed by atoms with E-state index in [0.717, 1.165) is 0 Å². The van der Waals surface area contributed by atoms with E-state index in [2.05, 4.69) is 4.98 Å². The third-order valence-corrected chi connectivity index (χ3v) is 3.41. The summed E-state index contributed by atoms with van der Waals surface area (Å²) in [6.07, 6.45) is -4.59. The van der Waals surface area contributed by atoms with Crippen molar-refractivity contribution in [1.29, 1.82) is 0 Å². The molecule has 0 bridgehead atoms. The van der Waals surface area contributed by atoms with Crippen molar-refractivity contribution in [2.75, 3.05) is 14.2 Å². The lowest BCUT2D eigenvalue weighted by Crippen LogP contribution is -2.11. The number of hydrogen-bond donors (Lipinski definition) is 0. The Morgan fingerprint density at radius 1 is 1.10 bits per heavy atom.